The van der Waals surface area contributed by atoms with E-state index in [2.05, 4.69) is 5.32 Å². The van der Waals surface area contributed by atoms with E-state index in [4.69, 9.17) is 10.5 Å². The zero-order valence-electron chi connectivity index (χ0n) is 16.3. The number of amides is 2. The first kappa shape index (κ1) is 20.8. The lowest BCUT2D eigenvalue weighted by Crippen LogP contribution is -2.30. The molecule has 0 heterocycles. The molecule has 0 aliphatic rings. The first-order valence-electron chi connectivity index (χ1n) is 9.48. The second-order valence-electron chi connectivity index (χ2n) is 6.73. The predicted octanol–water partition coefficient (Wildman–Crippen LogP) is 3.39. The normalized spacial score (nSPS) is 11.3. The van der Waals surface area contributed by atoms with Crippen molar-refractivity contribution in [1.82, 2.24) is 5.32 Å². The molecule has 6 nitrogen and oxygen atoms in total. The van der Waals surface area contributed by atoms with Crippen molar-refractivity contribution in [3.8, 4) is 0 Å². The molecule has 6 heteroatoms. The van der Waals surface area contributed by atoms with E-state index in [0.717, 1.165) is 11.1 Å². The molecule has 0 saturated heterocycles. The number of hydrogen-bond donors (Lipinski definition) is 2. The summed E-state index contributed by atoms with van der Waals surface area (Å²) in [4.78, 5) is 36.1. The molecule has 1 unspecified atom stereocenters. The highest BCUT2D eigenvalue weighted by Crippen LogP contribution is 2.19. The Morgan fingerprint density at radius 2 is 1.40 bits per heavy atom. The molecule has 152 valence electrons. The SMILES string of the molecule is NC(=O)c1ccc(COC(=O)CC(NC(=O)c2ccccc2)c2ccccc2)cc1. The number of nitrogens with two attached hydrogens (primary N) is 1. The largest absolute Gasteiger partial charge is 0.461 e. The minimum Gasteiger partial charge on any atom is -0.461 e. The zero-order chi connectivity index (χ0) is 21.3. The molecule has 0 aliphatic carbocycles. The van der Waals surface area contributed by atoms with Crippen LogP contribution in [0.2, 0.25) is 0 Å². The lowest BCUT2D eigenvalue weighted by Gasteiger charge is -2.19. The molecule has 0 fully saturated rings. The van der Waals surface area contributed by atoms with Crippen molar-refractivity contribution >= 4 is 17.8 Å². The lowest BCUT2D eigenvalue weighted by atomic mass is 10.0. The molecule has 3 rings (SSSR count). The Morgan fingerprint density at radius 3 is 2.00 bits per heavy atom. The highest BCUT2D eigenvalue weighted by Gasteiger charge is 2.20. The number of ether oxygens (including phenoxy) is 1. The number of nitrogens with one attached hydrogen (secondary N) is 1. The second-order valence-corrected chi connectivity index (χ2v) is 6.73. The molecule has 1 atom stereocenters. The van der Waals surface area contributed by atoms with Crippen molar-refractivity contribution in [1.29, 1.82) is 0 Å². The van der Waals surface area contributed by atoms with Crippen LogP contribution in [0.4, 0.5) is 0 Å². The highest BCUT2D eigenvalue weighted by atomic mass is 16.5. The number of benzene rings is 3. The fourth-order valence-electron chi connectivity index (χ4n) is 2.92. The summed E-state index contributed by atoms with van der Waals surface area (Å²) in [6, 6.07) is 24.1. The summed E-state index contributed by atoms with van der Waals surface area (Å²) in [5, 5.41) is 2.91. The van der Waals surface area contributed by atoms with Crippen molar-refractivity contribution in [3.05, 3.63) is 107 Å². The quantitative estimate of drug-likeness (QED) is 0.564. The van der Waals surface area contributed by atoms with Crippen molar-refractivity contribution in [3.63, 3.8) is 0 Å². The van der Waals surface area contributed by atoms with E-state index in [1.165, 1.54) is 0 Å². The van der Waals surface area contributed by atoms with Gasteiger partial charge in [-0.3, -0.25) is 14.4 Å². The van der Waals surface area contributed by atoms with Crippen LogP contribution in [-0.4, -0.2) is 17.8 Å². The van der Waals surface area contributed by atoms with E-state index < -0.39 is 17.9 Å². The Labute approximate surface area is 174 Å². The molecule has 3 N–H and O–H groups in total. The van der Waals surface area contributed by atoms with Gasteiger partial charge in [0, 0.05) is 11.1 Å². The van der Waals surface area contributed by atoms with Gasteiger partial charge in [0.2, 0.25) is 5.91 Å². The molecule has 3 aromatic carbocycles. The Bertz CT molecular complexity index is 1000. The molecule has 0 aliphatic heterocycles. The fourth-order valence-corrected chi connectivity index (χ4v) is 2.92. The summed E-state index contributed by atoms with van der Waals surface area (Å²) >= 11 is 0. The summed E-state index contributed by atoms with van der Waals surface area (Å²) in [6.45, 7) is 0.0615. The van der Waals surface area contributed by atoms with Gasteiger partial charge in [0.15, 0.2) is 0 Å². The third-order valence-corrected chi connectivity index (χ3v) is 4.55. The number of esters is 1. The average Bonchev–Trinajstić information content (AvgIpc) is 2.78. The molecule has 0 radical (unpaired) electrons. The maximum Gasteiger partial charge on any atom is 0.308 e. The number of carbonyl (C=O) groups excluding carboxylic acids is 3. The summed E-state index contributed by atoms with van der Waals surface area (Å²) in [5.41, 5.74) is 7.67. The van der Waals surface area contributed by atoms with Crippen molar-refractivity contribution in [2.24, 2.45) is 5.73 Å². The summed E-state index contributed by atoms with van der Waals surface area (Å²) in [6.07, 6.45) is -0.0119. The van der Waals surface area contributed by atoms with Gasteiger partial charge in [0.1, 0.15) is 6.61 Å². The first-order chi connectivity index (χ1) is 14.5. The minimum atomic E-state index is -0.524. The van der Waals surface area contributed by atoms with Crippen LogP contribution in [0.3, 0.4) is 0 Å². The molecule has 0 bridgehead atoms. The van der Waals surface area contributed by atoms with E-state index in [-0.39, 0.29) is 18.9 Å². The Hall–Kier alpha value is -3.93. The van der Waals surface area contributed by atoms with Crippen LogP contribution < -0.4 is 11.1 Å². The Kier molecular flexibility index (Phi) is 6.95. The van der Waals surface area contributed by atoms with Crippen molar-refractivity contribution < 1.29 is 19.1 Å². The monoisotopic (exact) mass is 402 g/mol. The first-order valence-corrected chi connectivity index (χ1v) is 9.48. The van der Waals surface area contributed by atoms with Gasteiger partial charge in [-0.2, -0.15) is 0 Å². The summed E-state index contributed by atoms with van der Waals surface area (Å²) in [7, 11) is 0. The maximum absolute atomic E-state index is 12.6. The standard InChI is InChI=1S/C24H22N2O4/c25-23(28)19-13-11-17(12-14-19)16-30-22(27)15-21(18-7-3-1-4-8-18)26-24(29)20-9-5-2-6-10-20/h1-14,21H,15-16H2,(H2,25,28)(H,26,29). The van der Waals surface area contributed by atoms with Crippen LogP contribution in [0.1, 0.15) is 44.3 Å². The lowest BCUT2D eigenvalue weighted by molar-refractivity contribution is -0.145. The third-order valence-electron chi connectivity index (χ3n) is 4.55. The van der Waals surface area contributed by atoms with Crippen molar-refractivity contribution in [2.75, 3.05) is 0 Å². The maximum atomic E-state index is 12.6. The van der Waals surface area contributed by atoms with E-state index in [9.17, 15) is 14.4 Å². The number of hydrogen-bond acceptors (Lipinski definition) is 4. The van der Waals surface area contributed by atoms with Crippen molar-refractivity contribution in [2.45, 2.75) is 19.1 Å². The predicted molar refractivity (Wildman–Crippen MR) is 112 cm³/mol. The highest BCUT2D eigenvalue weighted by molar-refractivity contribution is 5.94. The smallest absolute Gasteiger partial charge is 0.308 e. The van der Waals surface area contributed by atoms with Gasteiger partial charge in [-0.05, 0) is 35.4 Å². The molecule has 2 amide bonds. The van der Waals surface area contributed by atoms with Gasteiger partial charge < -0.3 is 15.8 Å². The van der Waals surface area contributed by atoms with E-state index >= 15 is 0 Å². The topological polar surface area (TPSA) is 98.5 Å². The molecule has 0 spiro atoms. The second kappa shape index (κ2) is 10.0. The van der Waals surface area contributed by atoms with Crippen LogP contribution >= 0.6 is 0 Å². The van der Waals surface area contributed by atoms with Crippen LogP contribution in [0.15, 0.2) is 84.9 Å². The molecule has 3 aromatic rings. The minimum absolute atomic E-state index is 0.0119. The molecule has 0 saturated carbocycles. The molecular weight excluding hydrogens is 380 g/mol. The van der Waals surface area contributed by atoms with E-state index in [0.29, 0.717) is 11.1 Å². The van der Waals surface area contributed by atoms with Gasteiger partial charge in [0.25, 0.3) is 5.91 Å². The number of primary amides is 1. The number of carbonyl (C=O) groups is 3. The van der Waals surface area contributed by atoms with Crippen LogP contribution in [0.5, 0.6) is 0 Å². The molecule has 0 aromatic heterocycles. The van der Waals surface area contributed by atoms with Gasteiger partial charge in [-0.15, -0.1) is 0 Å². The molecular formula is C24H22N2O4. The zero-order valence-corrected chi connectivity index (χ0v) is 16.3. The van der Waals surface area contributed by atoms with Crippen LogP contribution in [-0.2, 0) is 16.1 Å². The van der Waals surface area contributed by atoms with Gasteiger partial charge in [-0.1, -0.05) is 60.7 Å². The molecule has 30 heavy (non-hydrogen) atoms. The fraction of sp³-hybridized carbons (Fsp3) is 0.125. The Morgan fingerprint density at radius 1 is 0.800 bits per heavy atom. The van der Waals surface area contributed by atoms with Crippen LogP contribution in [0, 0.1) is 0 Å². The summed E-state index contributed by atoms with van der Waals surface area (Å²) in [5.74, 6) is -1.23. The number of rotatable bonds is 8. The van der Waals surface area contributed by atoms with E-state index in [1.54, 1.807) is 48.5 Å². The Balaban J connectivity index is 1.64. The average molecular weight is 402 g/mol. The van der Waals surface area contributed by atoms with Gasteiger partial charge in [0.05, 0.1) is 12.5 Å². The summed E-state index contributed by atoms with van der Waals surface area (Å²) < 4.78 is 5.36. The van der Waals surface area contributed by atoms with Gasteiger partial charge in [-0.25, -0.2) is 0 Å². The third kappa shape index (κ3) is 5.78. The van der Waals surface area contributed by atoms with Gasteiger partial charge >= 0.3 is 5.97 Å². The van der Waals surface area contributed by atoms with Crippen LogP contribution in [0.25, 0.3) is 0 Å². The van der Waals surface area contributed by atoms with E-state index in [1.807, 2.05) is 36.4 Å².